The molecule has 21 heavy (non-hydrogen) atoms. The third-order valence-electron chi connectivity index (χ3n) is 5.13. The Bertz CT molecular complexity index is 405. The Hall–Kier alpha value is 0.400. The summed E-state index contributed by atoms with van der Waals surface area (Å²) in [6, 6.07) is 0. The number of hydrogen-bond donors (Lipinski definition) is 0. The van der Waals surface area contributed by atoms with E-state index in [1.54, 1.807) is 0 Å². The molecule has 6 atom stereocenters. The lowest BCUT2D eigenvalue weighted by atomic mass is 9.77. The van der Waals surface area contributed by atoms with Crippen LogP contribution in [0.4, 0.5) is 0 Å². The van der Waals surface area contributed by atoms with E-state index < -0.39 is 7.58 Å². The average molecular weight is 330 g/mol. The molecule has 0 N–H and O–H groups in total. The van der Waals surface area contributed by atoms with Gasteiger partial charge in [0.15, 0.2) is 0 Å². The maximum atomic E-state index is 6.31. The monoisotopic (exact) mass is 330 g/mol. The molecular formula is C16H27O3PS. The zero-order valence-electron chi connectivity index (χ0n) is 13.3. The van der Waals surface area contributed by atoms with Gasteiger partial charge in [-0.05, 0) is 51.9 Å². The molecule has 3 fully saturated rings. The van der Waals surface area contributed by atoms with Crippen molar-refractivity contribution in [1.29, 1.82) is 0 Å². The maximum Gasteiger partial charge on any atom is 0.239 e. The van der Waals surface area contributed by atoms with Crippen LogP contribution in [0.5, 0.6) is 0 Å². The Morgan fingerprint density at radius 3 is 3.00 bits per heavy atom. The number of ether oxygens (including phenoxy) is 1. The standard InChI is InChI=1S/C16H27O3PS/c1-5-13-14(7-9-17-13)18-20-19-15-10-12(11(2)3)6-8-16(15,4)21-20/h12-15H,2,5-10H2,1,3-4H3/t12-,13+,14?,15+,16+,20+/m0/s1. The Morgan fingerprint density at radius 1 is 1.48 bits per heavy atom. The zero-order valence-corrected chi connectivity index (χ0v) is 15.1. The van der Waals surface area contributed by atoms with Crippen molar-refractivity contribution in [3.8, 4) is 0 Å². The van der Waals surface area contributed by atoms with Crippen LogP contribution in [0.15, 0.2) is 12.2 Å². The quantitative estimate of drug-likeness (QED) is 0.532. The van der Waals surface area contributed by atoms with Gasteiger partial charge in [0.25, 0.3) is 0 Å². The number of allylic oxidation sites excluding steroid dienone is 1. The highest BCUT2D eigenvalue weighted by molar-refractivity contribution is 8.54. The molecule has 0 aromatic carbocycles. The van der Waals surface area contributed by atoms with E-state index in [1.165, 1.54) is 18.4 Å². The number of hydrogen-bond acceptors (Lipinski definition) is 4. The van der Waals surface area contributed by atoms with E-state index in [-0.39, 0.29) is 17.0 Å². The topological polar surface area (TPSA) is 27.7 Å². The summed E-state index contributed by atoms with van der Waals surface area (Å²) in [5.41, 5.74) is 1.30. The summed E-state index contributed by atoms with van der Waals surface area (Å²) in [5.74, 6) is 0.622. The molecule has 5 heteroatoms. The minimum atomic E-state index is -0.819. The van der Waals surface area contributed by atoms with E-state index in [2.05, 4.69) is 27.4 Å². The van der Waals surface area contributed by atoms with Gasteiger partial charge in [0.2, 0.25) is 7.58 Å². The molecular weight excluding hydrogens is 303 g/mol. The molecule has 3 rings (SSSR count). The molecule has 1 saturated carbocycles. The molecule has 2 saturated heterocycles. The van der Waals surface area contributed by atoms with Gasteiger partial charge < -0.3 is 13.8 Å². The van der Waals surface area contributed by atoms with Crippen molar-refractivity contribution < 1.29 is 13.8 Å². The van der Waals surface area contributed by atoms with Gasteiger partial charge >= 0.3 is 0 Å². The lowest BCUT2D eigenvalue weighted by Crippen LogP contribution is -2.39. The van der Waals surface area contributed by atoms with Gasteiger partial charge in [-0.15, -0.1) is 0 Å². The molecule has 2 heterocycles. The fourth-order valence-corrected chi connectivity index (χ4v) is 8.09. The number of fused-ring (bicyclic) bond motifs is 1. The summed E-state index contributed by atoms with van der Waals surface area (Å²) in [5, 5.41) is 0. The van der Waals surface area contributed by atoms with Crippen LogP contribution in [0.1, 0.15) is 52.9 Å². The maximum absolute atomic E-state index is 6.31. The van der Waals surface area contributed by atoms with Crippen LogP contribution in [0.2, 0.25) is 0 Å². The SMILES string of the molecule is C=C(C)[C@H]1CC[C@@]2(C)S[P@](OC3CCO[C@@H]3CC)O[C@@H]2C1. The fraction of sp³-hybridized carbons (Fsp3) is 0.875. The molecule has 3 nitrogen and oxygen atoms in total. The summed E-state index contributed by atoms with van der Waals surface area (Å²) in [6.07, 6.45) is 6.41. The summed E-state index contributed by atoms with van der Waals surface area (Å²) >= 11 is 1.95. The van der Waals surface area contributed by atoms with Crippen LogP contribution in [0, 0.1) is 5.92 Å². The molecule has 0 spiro atoms. The van der Waals surface area contributed by atoms with Gasteiger partial charge in [-0.25, -0.2) is 0 Å². The second-order valence-corrected chi connectivity index (χ2v) is 10.2. The summed E-state index contributed by atoms with van der Waals surface area (Å²) in [7, 11) is -0.819. The molecule has 0 aromatic heterocycles. The molecule has 1 unspecified atom stereocenters. The van der Waals surface area contributed by atoms with E-state index in [0.29, 0.717) is 12.0 Å². The average Bonchev–Trinajstić information content (AvgIpc) is 3.00. The van der Waals surface area contributed by atoms with Crippen LogP contribution in [0.3, 0.4) is 0 Å². The lowest BCUT2D eigenvalue weighted by molar-refractivity contribution is 0.0444. The molecule has 1 aliphatic carbocycles. The summed E-state index contributed by atoms with van der Waals surface area (Å²) in [4.78, 5) is 0. The molecule has 0 bridgehead atoms. The third-order valence-corrected chi connectivity index (χ3v) is 9.25. The fourth-order valence-electron chi connectivity index (χ4n) is 3.54. The Morgan fingerprint density at radius 2 is 2.29 bits per heavy atom. The van der Waals surface area contributed by atoms with Crippen molar-refractivity contribution in [2.45, 2.75) is 75.9 Å². The summed E-state index contributed by atoms with van der Waals surface area (Å²) < 4.78 is 18.6. The minimum Gasteiger partial charge on any atom is -0.375 e. The van der Waals surface area contributed by atoms with Crippen molar-refractivity contribution in [2.24, 2.45) is 5.92 Å². The van der Waals surface area contributed by atoms with E-state index in [0.717, 1.165) is 25.9 Å². The number of rotatable bonds is 4. The molecule has 120 valence electrons. The van der Waals surface area contributed by atoms with Gasteiger partial charge in [0.1, 0.15) is 0 Å². The van der Waals surface area contributed by atoms with Crippen molar-refractivity contribution in [3.05, 3.63) is 12.2 Å². The molecule has 2 aliphatic heterocycles. The molecule has 0 amide bonds. The Balaban J connectivity index is 1.60. The molecule has 0 aromatic rings. The van der Waals surface area contributed by atoms with Crippen molar-refractivity contribution in [1.82, 2.24) is 0 Å². The Kier molecular flexibility index (Phi) is 5.03. The van der Waals surface area contributed by atoms with Gasteiger partial charge in [0, 0.05) is 11.4 Å². The molecule has 3 aliphatic rings. The first-order chi connectivity index (χ1) is 10.0. The first-order valence-corrected chi connectivity index (χ1v) is 10.7. The zero-order chi connectivity index (χ0) is 15.0. The minimum absolute atomic E-state index is 0.231. The largest absolute Gasteiger partial charge is 0.375 e. The van der Waals surface area contributed by atoms with Crippen LogP contribution < -0.4 is 0 Å². The van der Waals surface area contributed by atoms with E-state index in [9.17, 15) is 0 Å². The van der Waals surface area contributed by atoms with Crippen LogP contribution in [-0.4, -0.2) is 29.7 Å². The van der Waals surface area contributed by atoms with E-state index >= 15 is 0 Å². The summed E-state index contributed by atoms with van der Waals surface area (Å²) in [6.45, 7) is 11.6. The lowest BCUT2D eigenvalue weighted by Gasteiger charge is -2.37. The second-order valence-electron chi connectivity index (χ2n) is 6.79. The smallest absolute Gasteiger partial charge is 0.239 e. The van der Waals surface area contributed by atoms with Gasteiger partial charge in [-0.3, -0.25) is 0 Å². The predicted octanol–water partition coefficient (Wildman–Crippen LogP) is 5.06. The van der Waals surface area contributed by atoms with Gasteiger partial charge in [-0.2, -0.15) is 0 Å². The Labute approximate surface area is 133 Å². The van der Waals surface area contributed by atoms with Crippen molar-refractivity contribution >= 4 is 19.0 Å². The van der Waals surface area contributed by atoms with Crippen molar-refractivity contribution in [2.75, 3.05) is 6.61 Å². The van der Waals surface area contributed by atoms with Crippen molar-refractivity contribution in [3.63, 3.8) is 0 Å². The first kappa shape index (κ1) is 16.3. The van der Waals surface area contributed by atoms with E-state index in [1.807, 2.05) is 11.4 Å². The van der Waals surface area contributed by atoms with Gasteiger partial charge in [0.05, 0.1) is 18.3 Å². The second kappa shape index (κ2) is 6.49. The van der Waals surface area contributed by atoms with Crippen LogP contribution >= 0.6 is 19.0 Å². The highest BCUT2D eigenvalue weighted by Crippen LogP contribution is 2.70. The predicted molar refractivity (Wildman–Crippen MR) is 89.5 cm³/mol. The third kappa shape index (κ3) is 3.35. The van der Waals surface area contributed by atoms with Crippen LogP contribution in [-0.2, 0) is 13.8 Å². The molecule has 0 radical (unpaired) electrons. The van der Waals surface area contributed by atoms with Gasteiger partial charge in [-0.1, -0.05) is 30.5 Å². The van der Waals surface area contributed by atoms with E-state index in [4.69, 9.17) is 13.8 Å². The highest BCUT2D eigenvalue weighted by atomic mass is 32.7. The van der Waals surface area contributed by atoms with Crippen LogP contribution in [0.25, 0.3) is 0 Å². The first-order valence-electron chi connectivity index (χ1n) is 8.11. The highest BCUT2D eigenvalue weighted by Gasteiger charge is 2.51. The normalized spacial score (nSPS) is 46.5.